The zero-order valence-corrected chi connectivity index (χ0v) is 10.3. The summed E-state index contributed by atoms with van der Waals surface area (Å²) in [7, 11) is 0. The molecule has 3 rings (SSSR count). The van der Waals surface area contributed by atoms with E-state index in [2.05, 4.69) is 13.8 Å². The van der Waals surface area contributed by atoms with E-state index in [1.54, 1.807) is 12.1 Å². The zero-order chi connectivity index (χ0) is 12.0. The van der Waals surface area contributed by atoms with Crippen LogP contribution in [0, 0.1) is 5.92 Å². The number of phenols is 1. The summed E-state index contributed by atoms with van der Waals surface area (Å²) in [6.07, 6.45) is 2.35. The van der Waals surface area contributed by atoms with Gasteiger partial charge in [-0.2, -0.15) is 0 Å². The summed E-state index contributed by atoms with van der Waals surface area (Å²) in [5.74, 6) is 1.40. The van der Waals surface area contributed by atoms with Crippen LogP contribution in [0.5, 0.6) is 11.5 Å². The molecule has 0 saturated carbocycles. The molecule has 92 valence electrons. The molecular formula is C14H18O3. The van der Waals surface area contributed by atoms with Crippen molar-refractivity contribution in [2.24, 2.45) is 5.92 Å². The molecule has 0 radical (unpaired) electrons. The molecule has 2 atom stereocenters. The van der Waals surface area contributed by atoms with Crippen molar-refractivity contribution in [2.45, 2.75) is 38.4 Å². The quantitative estimate of drug-likeness (QED) is 0.750. The standard InChI is InChI=1S/C14H18O3/c1-14(2)11-4-3-7-16-13(11)10-6-5-9(15)8-12(10)17-14/h5-6,8,11,13,15H,3-4,7H2,1-2H3/t11-,13+/m0/s1. The third-order valence-corrected chi connectivity index (χ3v) is 3.89. The Morgan fingerprint density at radius 2 is 2.18 bits per heavy atom. The molecule has 1 aromatic carbocycles. The lowest BCUT2D eigenvalue weighted by molar-refractivity contribution is -0.116. The van der Waals surface area contributed by atoms with Crippen molar-refractivity contribution in [3.8, 4) is 11.5 Å². The fraction of sp³-hybridized carbons (Fsp3) is 0.571. The summed E-state index contributed by atoms with van der Waals surface area (Å²) in [5.41, 5.74) is 0.845. The third-order valence-electron chi connectivity index (χ3n) is 3.89. The number of aromatic hydroxyl groups is 1. The molecule has 2 heterocycles. The van der Waals surface area contributed by atoms with E-state index in [1.165, 1.54) is 0 Å². The van der Waals surface area contributed by atoms with Crippen LogP contribution < -0.4 is 4.74 Å². The normalized spacial score (nSPS) is 30.0. The maximum absolute atomic E-state index is 9.53. The molecule has 0 bridgehead atoms. The summed E-state index contributed by atoms with van der Waals surface area (Å²) in [5, 5.41) is 9.53. The highest BCUT2D eigenvalue weighted by Crippen LogP contribution is 2.49. The highest BCUT2D eigenvalue weighted by Gasteiger charge is 2.45. The monoisotopic (exact) mass is 234 g/mol. The molecule has 1 N–H and O–H groups in total. The van der Waals surface area contributed by atoms with E-state index in [1.807, 2.05) is 6.07 Å². The van der Waals surface area contributed by atoms with Crippen LogP contribution in [0.4, 0.5) is 0 Å². The van der Waals surface area contributed by atoms with Gasteiger partial charge < -0.3 is 14.6 Å². The molecule has 0 amide bonds. The van der Waals surface area contributed by atoms with Crippen LogP contribution in [0.2, 0.25) is 0 Å². The van der Waals surface area contributed by atoms with Gasteiger partial charge in [0, 0.05) is 24.2 Å². The van der Waals surface area contributed by atoms with E-state index in [0.717, 1.165) is 30.8 Å². The molecule has 3 nitrogen and oxygen atoms in total. The van der Waals surface area contributed by atoms with Gasteiger partial charge in [-0.3, -0.25) is 0 Å². The second-order valence-corrected chi connectivity index (χ2v) is 5.47. The smallest absolute Gasteiger partial charge is 0.129 e. The van der Waals surface area contributed by atoms with Crippen LogP contribution in [-0.4, -0.2) is 17.3 Å². The van der Waals surface area contributed by atoms with E-state index >= 15 is 0 Å². The van der Waals surface area contributed by atoms with E-state index in [4.69, 9.17) is 9.47 Å². The van der Waals surface area contributed by atoms with E-state index in [9.17, 15) is 5.11 Å². The van der Waals surface area contributed by atoms with E-state index < -0.39 is 0 Å². The summed E-state index contributed by atoms with van der Waals surface area (Å²) < 4.78 is 12.0. The van der Waals surface area contributed by atoms with Crippen molar-refractivity contribution < 1.29 is 14.6 Å². The minimum atomic E-state index is -0.230. The molecule has 2 aliphatic heterocycles. The average molecular weight is 234 g/mol. The van der Waals surface area contributed by atoms with Crippen LogP contribution in [0.15, 0.2) is 18.2 Å². The lowest BCUT2D eigenvalue weighted by Gasteiger charge is -2.46. The van der Waals surface area contributed by atoms with Gasteiger partial charge in [0.1, 0.15) is 17.1 Å². The second kappa shape index (κ2) is 3.64. The largest absolute Gasteiger partial charge is 0.508 e. The van der Waals surface area contributed by atoms with Crippen molar-refractivity contribution in [1.82, 2.24) is 0 Å². The number of phenolic OH excluding ortho intramolecular Hbond substituents is 1. The molecule has 0 aromatic heterocycles. The first kappa shape index (κ1) is 10.9. The van der Waals surface area contributed by atoms with Gasteiger partial charge in [0.05, 0.1) is 6.10 Å². The first-order chi connectivity index (χ1) is 8.08. The lowest BCUT2D eigenvalue weighted by Crippen LogP contribution is -2.46. The van der Waals surface area contributed by atoms with Gasteiger partial charge >= 0.3 is 0 Å². The Hall–Kier alpha value is -1.22. The van der Waals surface area contributed by atoms with Crippen LogP contribution in [0.1, 0.15) is 38.4 Å². The van der Waals surface area contributed by atoms with Gasteiger partial charge in [-0.05, 0) is 38.8 Å². The Morgan fingerprint density at radius 1 is 1.35 bits per heavy atom. The molecule has 3 heteroatoms. The van der Waals surface area contributed by atoms with Crippen molar-refractivity contribution in [3.05, 3.63) is 23.8 Å². The Kier molecular flexibility index (Phi) is 2.33. The van der Waals surface area contributed by atoms with Crippen molar-refractivity contribution in [1.29, 1.82) is 0 Å². The van der Waals surface area contributed by atoms with E-state index in [-0.39, 0.29) is 17.5 Å². The number of fused-ring (bicyclic) bond motifs is 3. The van der Waals surface area contributed by atoms with Gasteiger partial charge in [-0.15, -0.1) is 0 Å². The number of rotatable bonds is 0. The highest BCUT2D eigenvalue weighted by atomic mass is 16.5. The number of benzene rings is 1. The predicted octanol–water partition coefficient (Wildman–Crippen LogP) is 3.03. The molecular weight excluding hydrogens is 216 g/mol. The Labute approximate surface area is 101 Å². The van der Waals surface area contributed by atoms with Gasteiger partial charge in [-0.25, -0.2) is 0 Å². The summed E-state index contributed by atoms with van der Waals surface area (Å²) in [6, 6.07) is 5.31. The topological polar surface area (TPSA) is 38.7 Å². The van der Waals surface area contributed by atoms with Gasteiger partial charge in [0.15, 0.2) is 0 Å². The maximum atomic E-state index is 9.53. The fourth-order valence-electron chi connectivity index (χ4n) is 3.01. The van der Waals surface area contributed by atoms with Gasteiger partial charge in [-0.1, -0.05) is 0 Å². The highest BCUT2D eigenvalue weighted by molar-refractivity contribution is 5.44. The molecule has 1 aromatic rings. The molecule has 1 fully saturated rings. The number of hydrogen-bond donors (Lipinski definition) is 1. The molecule has 2 aliphatic rings. The minimum absolute atomic E-state index is 0.114. The molecule has 0 unspecified atom stereocenters. The Bertz CT molecular complexity index is 439. The second-order valence-electron chi connectivity index (χ2n) is 5.47. The first-order valence-corrected chi connectivity index (χ1v) is 6.21. The molecule has 1 saturated heterocycles. The van der Waals surface area contributed by atoms with Crippen molar-refractivity contribution in [3.63, 3.8) is 0 Å². The molecule has 17 heavy (non-hydrogen) atoms. The molecule has 0 aliphatic carbocycles. The Balaban J connectivity index is 2.08. The summed E-state index contributed by atoms with van der Waals surface area (Å²) in [6.45, 7) is 5.02. The lowest BCUT2D eigenvalue weighted by atomic mass is 9.76. The van der Waals surface area contributed by atoms with Crippen LogP contribution in [-0.2, 0) is 4.74 Å². The molecule has 0 spiro atoms. The average Bonchev–Trinajstić information content (AvgIpc) is 2.28. The predicted molar refractivity (Wildman–Crippen MR) is 64.2 cm³/mol. The van der Waals surface area contributed by atoms with Crippen molar-refractivity contribution in [2.75, 3.05) is 6.61 Å². The van der Waals surface area contributed by atoms with Gasteiger partial charge in [0.2, 0.25) is 0 Å². The Morgan fingerprint density at radius 3 is 3.00 bits per heavy atom. The van der Waals surface area contributed by atoms with E-state index in [0.29, 0.717) is 5.92 Å². The summed E-state index contributed by atoms with van der Waals surface area (Å²) >= 11 is 0. The maximum Gasteiger partial charge on any atom is 0.129 e. The van der Waals surface area contributed by atoms with Crippen LogP contribution in [0.25, 0.3) is 0 Å². The van der Waals surface area contributed by atoms with Crippen molar-refractivity contribution >= 4 is 0 Å². The van der Waals surface area contributed by atoms with Gasteiger partial charge in [0.25, 0.3) is 0 Å². The minimum Gasteiger partial charge on any atom is -0.508 e. The zero-order valence-electron chi connectivity index (χ0n) is 10.3. The van der Waals surface area contributed by atoms with Crippen LogP contribution in [0.3, 0.4) is 0 Å². The third kappa shape index (κ3) is 1.69. The number of ether oxygens (including phenoxy) is 2. The van der Waals surface area contributed by atoms with Crippen LogP contribution >= 0.6 is 0 Å². The number of hydrogen-bond acceptors (Lipinski definition) is 3. The SMILES string of the molecule is CC1(C)Oc2cc(O)ccc2[C@H]2OCCC[C@@H]21. The first-order valence-electron chi connectivity index (χ1n) is 6.21. The fourth-order valence-corrected chi connectivity index (χ4v) is 3.01. The summed E-state index contributed by atoms with van der Waals surface area (Å²) in [4.78, 5) is 0.